The van der Waals surface area contributed by atoms with Gasteiger partial charge >= 0.3 is 0 Å². The highest BCUT2D eigenvalue weighted by molar-refractivity contribution is 7.92. The first-order valence-electron chi connectivity index (χ1n) is 4.60. The Kier molecular flexibility index (Phi) is 3.28. The predicted molar refractivity (Wildman–Crippen MR) is 62.9 cm³/mol. The molecule has 0 aliphatic carbocycles. The van der Waals surface area contributed by atoms with Crippen LogP contribution >= 0.6 is 11.3 Å². The molecule has 0 aliphatic heterocycles. The Labute approximate surface area is 94.7 Å². The van der Waals surface area contributed by atoms with Crippen LogP contribution in [0.2, 0.25) is 0 Å². The predicted octanol–water partition coefficient (Wildman–Crippen LogP) is 1.91. The van der Waals surface area contributed by atoms with E-state index < -0.39 is 20.7 Å². The van der Waals surface area contributed by atoms with Crippen LogP contribution in [-0.2, 0) is 9.84 Å². The number of aliphatic hydroxyl groups excluding tert-OH is 1. The first-order chi connectivity index (χ1) is 6.66. The molecule has 0 aliphatic rings. The second-order valence-electron chi connectivity index (χ2n) is 4.23. The van der Waals surface area contributed by atoms with Crippen LogP contribution in [-0.4, -0.2) is 24.5 Å². The third-order valence-electron chi connectivity index (χ3n) is 2.64. The summed E-state index contributed by atoms with van der Waals surface area (Å²) in [6.07, 6.45) is 0.183. The van der Waals surface area contributed by atoms with Gasteiger partial charge in [0.15, 0.2) is 9.84 Å². The van der Waals surface area contributed by atoms with E-state index in [9.17, 15) is 13.5 Å². The van der Waals surface area contributed by atoms with E-state index in [2.05, 4.69) is 0 Å². The largest absolute Gasteiger partial charge is 0.386 e. The van der Waals surface area contributed by atoms with Crippen LogP contribution in [0.25, 0.3) is 0 Å². The van der Waals surface area contributed by atoms with Gasteiger partial charge in [-0.15, -0.1) is 11.3 Å². The summed E-state index contributed by atoms with van der Waals surface area (Å²) in [5.74, 6) is 0. The number of rotatable bonds is 3. The Morgan fingerprint density at radius 1 is 1.40 bits per heavy atom. The molecule has 15 heavy (non-hydrogen) atoms. The van der Waals surface area contributed by atoms with Gasteiger partial charge in [0, 0.05) is 16.0 Å². The van der Waals surface area contributed by atoms with Crippen molar-refractivity contribution < 1.29 is 13.5 Å². The molecule has 0 fully saturated rings. The highest BCUT2D eigenvalue weighted by atomic mass is 32.2. The van der Waals surface area contributed by atoms with Gasteiger partial charge in [0.1, 0.15) is 6.10 Å². The summed E-state index contributed by atoms with van der Waals surface area (Å²) in [5, 5.41) is 10.0. The average molecular weight is 248 g/mol. The van der Waals surface area contributed by atoms with Gasteiger partial charge in [-0.1, -0.05) is 0 Å². The van der Waals surface area contributed by atoms with Gasteiger partial charge in [-0.2, -0.15) is 0 Å². The van der Waals surface area contributed by atoms with Gasteiger partial charge in [0.2, 0.25) is 0 Å². The van der Waals surface area contributed by atoms with Gasteiger partial charge in [0.25, 0.3) is 0 Å². The lowest BCUT2D eigenvalue weighted by molar-refractivity contribution is 0.143. The molecular formula is C10H16O3S2. The zero-order valence-corrected chi connectivity index (χ0v) is 10.9. The van der Waals surface area contributed by atoms with Gasteiger partial charge in [-0.3, -0.25) is 0 Å². The zero-order valence-electron chi connectivity index (χ0n) is 9.31. The van der Waals surface area contributed by atoms with E-state index >= 15 is 0 Å². The molecule has 5 heteroatoms. The van der Waals surface area contributed by atoms with Crippen molar-refractivity contribution in [2.45, 2.75) is 31.6 Å². The Balaban J connectivity index is 3.10. The molecular weight excluding hydrogens is 232 g/mol. The van der Waals surface area contributed by atoms with Gasteiger partial charge < -0.3 is 5.11 Å². The SMILES string of the molecule is Cc1ccc(C(O)C(C)(C)S(C)(=O)=O)s1. The minimum atomic E-state index is -3.28. The van der Waals surface area contributed by atoms with Crippen molar-refractivity contribution in [2.75, 3.05) is 6.26 Å². The summed E-state index contributed by atoms with van der Waals surface area (Å²) >= 11 is 1.42. The van der Waals surface area contributed by atoms with Crippen molar-refractivity contribution in [3.8, 4) is 0 Å². The third kappa shape index (κ3) is 2.41. The van der Waals surface area contributed by atoms with Gasteiger partial charge in [0.05, 0.1) is 4.75 Å². The molecule has 1 aromatic heterocycles. The van der Waals surface area contributed by atoms with Crippen LogP contribution in [0.15, 0.2) is 12.1 Å². The molecule has 3 nitrogen and oxygen atoms in total. The molecule has 0 saturated heterocycles. The molecule has 1 aromatic rings. The van der Waals surface area contributed by atoms with Crippen molar-refractivity contribution in [1.82, 2.24) is 0 Å². The van der Waals surface area contributed by atoms with E-state index in [1.165, 1.54) is 11.3 Å². The highest BCUT2D eigenvalue weighted by Crippen LogP contribution is 2.35. The van der Waals surface area contributed by atoms with E-state index in [0.29, 0.717) is 4.88 Å². The molecule has 0 bridgehead atoms. The lowest BCUT2D eigenvalue weighted by atomic mass is 10.1. The summed E-state index contributed by atoms with van der Waals surface area (Å²) in [7, 11) is -3.28. The Morgan fingerprint density at radius 2 is 1.93 bits per heavy atom. The van der Waals surface area contributed by atoms with Crippen LogP contribution < -0.4 is 0 Å². The van der Waals surface area contributed by atoms with Crippen molar-refractivity contribution >= 4 is 21.2 Å². The minimum Gasteiger partial charge on any atom is -0.386 e. The third-order valence-corrected chi connectivity index (χ3v) is 5.83. The topological polar surface area (TPSA) is 54.4 Å². The number of hydrogen-bond donors (Lipinski definition) is 1. The summed E-state index contributed by atoms with van der Waals surface area (Å²) in [6.45, 7) is 5.01. The van der Waals surface area contributed by atoms with Crippen molar-refractivity contribution in [2.24, 2.45) is 0 Å². The fourth-order valence-corrected chi connectivity index (χ4v) is 2.80. The maximum absolute atomic E-state index is 11.5. The molecule has 1 atom stereocenters. The summed E-state index contributed by atoms with van der Waals surface area (Å²) in [6, 6.07) is 3.65. The second-order valence-corrected chi connectivity index (χ2v) is 8.14. The molecule has 0 saturated carbocycles. The van der Waals surface area contributed by atoms with E-state index in [1.54, 1.807) is 19.9 Å². The standard InChI is InChI=1S/C10H16O3S2/c1-7-5-6-8(14-7)9(11)10(2,3)15(4,12)13/h5-6,9,11H,1-4H3. The monoisotopic (exact) mass is 248 g/mol. The molecule has 1 N–H and O–H groups in total. The van der Waals surface area contributed by atoms with E-state index in [-0.39, 0.29) is 0 Å². The van der Waals surface area contributed by atoms with E-state index in [0.717, 1.165) is 11.1 Å². The Morgan fingerprint density at radius 3 is 2.27 bits per heavy atom. The van der Waals surface area contributed by atoms with Crippen molar-refractivity contribution in [1.29, 1.82) is 0 Å². The molecule has 86 valence electrons. The van der Waals surface area contributed by atoms with Gasteiger partial charge in [-0.05, 0) is 32.9 Å². The van der Waals surface area contributed by atoms with Crippen LogP contribution in [0.4, 0.5) is 0 Å². The first-order valence-corrected chi connectivity index (χ1v) is 7.31. The maximum Gasteiger partial charge on any atom is 0.155 e. The molecule has 1 unspecified atom stereocenters. The van der Waals surface area contributed by atoms with E-state index in [1.807, 2.05) is 13.0 Å². The molecule has 0 amide bonds. The molecule has 1 rings (SSSR count). The molecule has 0 spiro atoms. The number of aryl methyl sites for hydroxylation is 1. The maximum atomic E-state index is 11.5. The smallest absolute Gasteiger partial charge is 0.155 e. The van der Waals surface area contributed by atoms with Crippen LogP contribution in [0, 0.1) is 6.92 Å². The average Bonchev–Trinajstić information content (AvgIpc) is 2.48. The number of hydrogen-bond acceptors (Lipinski definition) is 4. The molecule has 1 heterocycles. The van der Waals surface area contributed by atoms with Crippen molar-refractivity contribution in [3.05, 3.63) is 21.9 Å². The number of aliphatic hydroxyl groups is 1. The first kappa shape index (κ1) is 12.7. The van der Waals surface area contributed by atoms with Gasteiger partial charge in [-0.25, -0.2) is 8.42 Å². The summed E-state index contributed by atoms with van der Waals surface area (Å²) in [5.41, 5.74) is 0. The zero-order chi connectivity index (χ0) is 11.9. The van der Waals surface area contributed by atoms with Crippen LogP contribution in [0.5, 0.6) is 0 Å². The van der Waals surface area contributed by atoms with E-state index in [4.69, 9.17) is 0 Å². The Hall–Kier alpha value is -0.390. The summed E-state index contributed by atoms with van der Waals surface area (Å²) in [4.78, 5) is 1.76. The Bertz CT molecular complexity index is 443. The summed E-state index contributed by atoms with van der Waals surface area (Å²) < 4.78 is 21.9. The molecule has 0 aromatic carbocycles. The normalized spacial score (nSPS) is 15.3. The fourth-order valence-electron chi connectivity index (χ4n) is 1.15. The van der Waals surface area contributed by atoms with Crippen LogP contribution in [0.3, 0.4) is 0 Å². The van der Waals surface area contributed by atoms with Crippen molar-refractivity contribution in [3.63, 3.8) is 0 Å². The lowest BCUT2D eigenvalue weighted by Crippen LogP contribution is -2.37. The quantitative estimate of drug-likeness (QED) is 0.889. The number of sulfone groups is 1. The lowest BCUT2D eigenvalue weighted by Gasteiger charge is -2.27. The second kappa shape index (κ2) is 3.88. The minimum absolute atomic E-state index is 0.697. The molecule has 0 radical (unpaired) electrons. The van der Waals surface area contributed by atoms with Crippen LogP contribution in [0.1, 0.15) is 29.7 Å². The number of thiophene rings is 1. The highest BCUT2D eigenvalue weighted by Gasteiger charge is 2.39. The fraction of sp³-hybridized carbons (Fsp3) is 0.600.